The molecule has 5 rings (SSSR count). The highest BCUT2D eigenvalue weighted by Gasteiger charge is 2.31. The van der Waals surface area contributed by atoms with E-state index < -0.39 is 10.0 Å². The number of halogens is 2. The second-order valence-corrected chi connectivity index (χ2v) is 11.2. The third-order valence-electron chi connectivity index (χ3n) is 5.97. The monoisotopic (exact) mass is 533 g/mol. The second-order valence-electron chi connectivity index (χ2n) is 8.08. The zero-order chi connectivity index (χ0) is 24.7. The van der Waals surface area contributed by atoms with E-state index in [2.05, 4.69) is 15.3 Å². The van der Waals surface area contributed by atoms with Gasteiger partial charge in [-0.05, 0) is 48.7 Å². The Morgan fingerprint density at radius 2 is 1.91 bits per heavy atom. The summed E-state index contributed by atoms with van der Waals surface area (Å²) in [5.41, 5.74) is 3.28. The molecule has 182 valence electrons. The molecule has 0 atom stereocenters. The summed E-state index contributed by atoms with van der Waals surface area (Å²) < 4.78 is 31.8. The highest BCUT2D eigenvalue weighted by atomic mass is 35.5. The van der Waals surface area contributed by atoms with Gasteiger partial charge in [0.1, 0.15) is 5.56 Å². The van der Waals surface area contributed by atoms with Crippen LogP contribution in [0.4, 0.5) is 17.3 Å². The van der Waals surface area contributed by atoms with Gasteiger partial charge >= 0.3 is 0 Å². The Balaban J connectivity index is 1.36. The average molecular weight is 534 g/mol. The second kappa shape index (κ2) is 9.27. The Bertz CT molecular complexity index is 1410. The van der Waals surface area contributed by atoms with Crippen LogP contribution in [0.25, 0.3) is 0 Å². The molecule has 2 aliphatic heterocycles. The number of para-hydroxylation sites is 1. The average Bonchev–Trinajstić information content (AvgIpc) is 2.85. The number of ether oxygens (including phenoxy) is 1. The lowest BCUT2D eigenvalue weighted by Gasteiger charge is -2.29. The molecule has 1 N–H and O–H groups in total. The van der Waals surface area contributed by atoms with E-state index in [1.165, 1.54) is 15.4 Å². The van der Waals surface area contributed by atoms with Crippen LogP contribution in [0.2, 0.25) is 10.0 Å². The van der Waals surface area contributed by atoms with Crippen LogP contribution >= 0.6 is 23.2 Å². The summed E-state index contributed by atoms with van der Waals surface area (Å²) in [6.07, 6.45) is 2.05. The molecule has 1 amide bonds. The van der Waals surface area contributed by atoms with Crippen molar-refractivity contribution in [3.8, 4) is 5.88 Å². The first-order chi connectivity index (χ1) is 16.8. The van der Waals surface area contributed by atoms with Gasteiger partial charge in [0.15, 0.2) is 6.73 Å². The Morgan fingerprint density at radius 1 is 1.14 bits per heavy atom. The van der Waals surface area contributed by atoms with Crippen molar-refractivity contribution in [2.75, 3.05) is 29.2 Å². The standard InChI is InChI=1S/C23H21Cl2N5O4S/c1-2-35(32,33)29-9-8-14-6-7-16(10-15(14)12-29)27-23-26-11-17-21(28-23)34-13-30(22(17)31)20-18(24)4-3-5-19(20)25/h3-7,10-11H,2,8-9,12-13H2,1H3,(H,26,27,28). The van der Waals surface area contributed by atoms with Crippen molar-refractivity contribution in [1.29, 1.82) is 0 Å². The first-order valence-corrected chi connectivity index (χ1v) is 13.3. The van der Waals surface area contributed by atoms with Crippen molar-refractivity contribution < 1.29 is 17.9 Å². The molecule has 0 fully saturated rings. The number of sulfonamides is 1. The van der Waals surface area contributed by atoms with Crippen LogP contribution in [-0.2, 0) is 23.0 Å². The topological polar surface area (TPSA) is 105 Å². The van der Waals surface area contributed by atoms with E-state index in [9.17, 15) is 13.2 Å². The van der Waals surface area contributed by atoms with Gasteiger partial charge in [-0.1, -0.05) is 35.3 Å². The van der Waals surface area contributed by atoms with E-state index >= 15 is 0 Å². The summed E-state index contributed by atoms with van der Waals surface area (Å²) in [5.74, 6) is 0.0840. The predicted molar refractivity (Wildman–Crippen MR) is 134 cm³/mol. The number of aromatic nitrogens is 2. The third kappa shape index (κ3) is 4.54. The number of nitrogens with zero attached hydrogens (tertiary/aromatic N) is 4. The van der Waals surface area contributed by atoms with Crippen LogP contribution in [0.1, 0.15) is 28.4 Å². The molecule has 12 heteroatoms. The molecule has 2 aromatic carbocycles. The molecule has 0 bridgehead atoms. The van der Waals surface area contributed by atoms with Gasteiger partial charge in [0.05, 0.1) is 21.5 Å². The smallest absolute Gasteiger partial charge is 0.268 e. The molecule has 3 heterocycles. The number of hydrogen-bond donors (Lipinski definition) is 1. The molecule has 0 saturated carbocycles. The lowest BCUT2D eigenvalue weighted by molar-refractivity contribution is 0.0932. The molecular formula is C23H21Cl2N5O4S. The lowest BCUT2D eigenvalue weighted by atomic mass is 10.0. The number of fused-ring (bicyclic) bond motifs is 2. The maximum absolute atomic E-state index is 13.1. The molecule has 2 aliphatic rings. The fraction of sp³-hybridized carbons (Fsp3) is 0.261. The van der Waals surface area contributed by atoms with Crippen molar-refractivity contribution in [2.45, 2.75) is 19.9 Å². The van der Waals surface area contributed by atoms with Gasteiger partial charge in [-0.3, -0.25) is 9.69 Å². The number of hydrogen-bond acceptors (Lipinski definition) is 7. The summed E-state index contributed by atoms with van der Waals surface area (Å²) >= 11 is 12.5. The van der Waals surface area contributed by atoms with Crippen LogP contribution in [0.5, 0.6) is 5.88 Å². The molecule has 1 aromatic heterocycles. The number of amides is 1. The summed E-state index contributed by atoms with van der Waals surface area (Å²) in [5, 5.41) is 3.77. The fourth-order valence-corrected chi connectivity index (χ4v) is 5.76. The van der Waals surface area contributed by atoms with Gasteiger partial charge in [0.2, 0.25) is 21.9 Å². The molecular weight excluding hydrogens is 513 g/mol. The number of anilines is 3. The van der Waals surface area contributed by atoms with Crippen LogP contribution in [0.15, 0.2) is 42.6 Å². The van der Waals surface area contributed by atoms with Crippen molar-refractivity contribution in [3.05, 3.63) is 69.3 Å². The largest absolute Gasteiger partial charge is 0.455 e. The van der Waals surface area contributed by atoms with Gasteiger partial charge in [-0.15, -0.1) is 0 Å². The molecule has 3 aromatic rings. The first-order valence-electron chi connectivity index (χ1n) is 10.9. The molecule has 9 nitrogen and oxygen atoms in total. The van der Waals surface area contributed by atoms with Crippen molar-refractivity contribution >= 4 is 56.5 Å². The van der Waals surface area contributed by atoms with Gasteiger partial charge in [0.25, 0.3) is 5.91 Å². The molecule has 0 saturated heterocycles. The van der Waals surface area contributed by atoms with Crippen molar-refractivity contribution in [3.63, 3.8) is 0 Å². The molecule has 0 aliphatic carbocycles. The Hall–Kier alpha value is -2.92. The minimum absolute atomic E-state index is 0.0715. The minimum Gasteiger partial charge on any atom is -0.455 e. The molecule has 35 heavy (non-hydrogen) atoms. The van der Waals surface area contributed by atoms with Crippen LogP contribution in [-0.4, -0.2) is 47.6 Å². The van der Waals surface area contributed by atoms with Crippen LogP contribution in [0.3, 0.4) is 0 Å². The van der Waals surface area contributed by atoms with Crippen LogP contribution < -0.4 is 15.0 Å². The van der Waals surface area contributed by atoms with Crippen LogP contribution in [0, 0.1) is 0 Å². The van der Waals surface area contributed by atoms with Gasteiger partial charge in [-0.25, -0.2) is 13.4 Å². The Kier molecular flexibility index (Phi) is 6.30. The maximum Gasteiger partial charge on any atom is 0.268 e. The summed E-state index contributed by atoms with van der Waals surface area (Å²) in [7, 11) is -3.26. The van der Waals surface area contributed by atoms with Gasteiger partial charge in [-0.2, -0.15) is 9.29 Å². The number of carbonyl (C=O) groups is 1. The maximum atomic E-state index is 13.1. The van der Waals surface area contributed by atoms with Crippen molar-refractivity contribution in [2.24, 2.45) is 0 Å². The van der Waals surface area contributed by atoms with Gasteiger partial charge < -0.3 is 10.1 Å². The zero-order valence-corrected chi connectivity index (χ0v) is 21.0. The highest BCUT2D eigenvalue weighted by molar-refractivity contribution is 7.89. The zero-order valence-electron chi connectivity index (χ0n) is 18.7. The fourth-order valence-electron chi connectivity index (χ4n) is 4.08. The number of benzene rings is 2. The Labute approximate surface area is 212 Å². The third-order valence-corrected chi connectivity index (χ3v) is 8.40. The normalized spacial score (nSPS) is 15.9. The van der Waals surface area contributed by atoms with Gasteiger partial charge in [0, 0.05) is 25.0 Å². The van der Waals surface area contributed by atoms with E-state index in [0.29, 0.717) is 40.9 Å². The van der Waals surface area contributed by atoms with E-state index in [-0.39, 0.29) is 35.8 Å². The quantitative estimate of drug-likeness (QED) is 0.523. The van der Waals surface area contributed by atoms with E-state index in [1.807, 2.05) is 18.2 Å². The number of carbonyl (C=O) groups excluding carboxylic acids is 1. The van der Waals surface area contributed by atoms with Crippen molar-refractivity contribution in [1.82, 2.24) is 14.3 Å². The molecule has 0 spiro atoms. The SMILES string of the molecule is CCS(=O)(=O)N1CCc2ccc(Nc3ncc4c(n3)OCN(c3c(Cl)cccc3Cl)C4=O)cc2C1. The summed E-state index contributed by atoms with van der Waals surface area (Å²) in [6.45, 7) is 2.34. The molecule has 0 unspecified atom stereocenters. The highest BCUT2D eigenvalue weighted by Crippen LogP contribution is 2.37. The summed E-state index contributed by atoms with van der Waals surface area (Å²) in [4.78, 5) is 23.0. The van der Waals surface area contributed by atoms with E-state index in [4.69, 9.17) is 27.9 Å². The number of nitrogens with one attached hydrogen (secondary N) is 1. The Morgan fingerprint density at radius 3 is 2.66 bits per heavy atom. The van der Waals surface area contributed by atoms with E-state index in [0.717, 1.165) is 11.1 Å². The lowest BCUT2D eigenvalue weighted by Crippen LogP contribution is -2.39. The van der Waals surface area contributed by atoms with E-state index in [1.54, 1.807) is 25.1 Å². The first kappa shape index (κ1) is 23.8. The molecule has 0 radical (unpaired) electrons. The minimum atomic E-state index is -3.26. The predicted octanol–water partition coefficient (Wildman–Crippen LogP) is 4.23. The number of rotatable bonds is 5. The summed E-state index contributed by atoms with van der Waals surface area (Å²) in [6, 6.07) is 10.7.